The molecule has 0 spiro atoms. The van der Waals surface area contributed by atoms with Crippen molar-refractivity contribution >= 4 is 16.5 Å². The summed E-state index contributed by atoms with van der Waals surface area (Å²) in [4.78, 5) is 4.52. The summed E-state index contributed by atoms with van der Waals surface area (Å²) in [5.41, 5.74) is 3.84. The van der Waals surface area contributed by atoms with Crippen LogP contribution in [0.4, 0.5) is 9.52 Å². The lowest BCUT2D eigenvalue weighted by Crippen LogP contribution is -2.05. The highest BCUT2D eigenvalue weighted by Crippen LogP contribution is 2.25. The zero-order valence-electron chi connectivity index (χ0n) is 12.4. The van der Waals surface area contributed by atoms with Gasteiger partial charge in [-0.05, 0) is 44.5 Å². The Hall–Kier alpha value is -2.21. The highest BCUT2D eigenvalue weighted by atomic mass is 32.1. The molecule has 0 unspecified atom stereocenters. The van der Waals surface area contributed by atoms with Gasteiger partial charge in [-0.3, -0.25) is 0 Å². The van der Waals surface area contributed by atoms with Crippen molar-refractivity contribution < 1.29 is 8.91 Å². The average Bonchev–Trinajstić information content (AvgIpc) is 3.10. The molecule has 0 atom stereocenters. The number of rotatable bonds is 5. The first-order chi connectivity index (χ1) is 10.6. The van der Waals surface area contributed by atoms with E-state index in [1.807, 2.05) is 19.2 Å². The number of halogens is 1. The third kappa shape index (κ3) is 3.17. The summed E-state index contributed by atoms with van der Waals surface area (Å²) in [6, 6.07) is 6.36. The molecule has 1 aromatic carbocycles. The van der Waals surface area contributed by atoms with Crippen LogP contribution in [0.25, 0.3) is 11.3 Å². The van der Waals surface area contributed by atoms with Crippen LogP contribution in [0.3, 0.4) is 0 Å². The number of hydrogen-bond acceptors (Lipinski definition) is 5. The van der Waals surface area contributed by atoms with Gasteiger partial charge in [0.15, 0.2) is 5.13 Å². The predicted molar refractivity (Wildman–Crippen MR) is 85.7 cm³/mol. The Morgan fingerprint density at radius 2 is 2.00 bits per heavy atom. The van der Waals surface area contributed by atoms with Gasteiger partial charge in [0.2, 0.25) is 0 Å². The van der Waals surface area contributed by atoms with E-state index in [2.05, 4.69) is 15.5 Å². The highest BCUT2D eigenvalue weighted by molar-refractivity contribution is 7.14. The quantitative estimate of drug-likeness (QED) is 0.766. The van der Waals surface area contributed by atoms with E-state index in [4.69, 9.17) is 4.52 Å². The molecular weight excluding hydrogens is 301 g/mol. The highest BCUT2D eigenvalue weighted by Gasteiger charge is 2.09. The van der Waals surface area contributed by atoms with E-state index >= 15 is 0 Å². The van der Waals surface area contributed by atoms with Crippen LogP contribution in [0.15, 0.2) is 34.2 Å². The Morgan fingerprint density at radius 3 is 2.68 bits per heavy atom. The van der Waals surface area contributed by atoms with Gasteiger partial charge in [-0.15, -0.1) is 11.3 Å². The summed E-state index contributed by atoms with van der Waals surface area (Å²) in [6.45, 7) is 4.63. The molecule has 0 saturated heterocycles. The van der Waals surface area contributed by atoms with Crippen molar-refractivity contribution in [3.8, 4) is 11.3 Å². The van der Waals surface area contributed by atoms with Gasteiger partial charge < -0.3 is 9.84 Å². The van der Waals surface area contributed by atoms with Crippen molar-refractivity contribution in [2.75, 3.05) is 11.9 Å². The van der Waals surface area contributed by atoms with E-state index in [0.717, 1.165) is 46.4 Å². The van der Waals surface area contributed by atoms with E-state index in [0.29, 0.717) is 0 Å². The topological polar surface area (TPSA) is 51.0 Å². The number of nitrogens with one attached hydrogen (secondary N) is 1. The molecule has 2 heterocycles. The first-order valence-corrected chi connectivity index (χ1v) is 7.88. The number of anilines is 1. The molecule has 6 heteroatoms. The SMILES string of the molecule is Cc1noc(C)c1CCNc1nc(-c2ccc(F)cc2)cs1. The van der Waals surface area contributed by atoms with Crippen molar-refractivity contribution in [2.45, 2.75) is 20.3 Å². The normalized spacial score (nSPS) is 10.9. The van der Waals surface area contributed by atoms with Crippen LogP contribution >= 0.6 is 11.3 Å². The number of nitrogens with zero attached hydrogens (tertiary/aromatic N) is 2. The minimum Gasteiger partial charge on any atom is -0.361 e. The lowest BCUT2D eigenvalue weighted by molar-refractivity contribution is 0.392. The van der Waals surface area contributed by atoms with Crippen LogP contribution in [0.1, 0.15) is 17.0 Å². The lowest BCUT2D eigenvalue weighted by Gasteiger charge is -2.02. The average molecular weight is 317 g/mol. The number of benzene rings is 1. The van der Waals surface area contributed by atoms with E-state index in [9.17, 15) is 4.39 Å². The Balaban J connectivity index is 1.61. The van der Waals surface area contributed by atoms with Crippen LogP contribution in [0.5, 0.6) is 0 Å². The molecular formula is C16H16FN3OS. The summed E-state index contributed by atoms with van der Waals surface area (Å²) < 4.78 is 18.1. The molecule has 4 nitrogen and oxygen atoms in total. The minimum absolute atomic E-state index is 0.239. The molecule has 114 valence electrons. The second kappa shape index (κ2) is 6.27. The largest absolute Gasteiger partial charge is 0.361 e. The molecule has 0 aliphatic heterocycles. The van der Waals surface area contributed by atoms with Crippen LogP contribution < -0.4 is 5.32 Å². The van der Waals surface area contributed by atoms with Gasteiger partial charge in [0, 0.05) is 23.1 Å². The van der Waals surface area contributed by atoms with Gasteiger partial charge in [-0.25, -0.2) is 9.37 Å². The van der Waals surface area contributed by atoms with E-state index in [-0.39, 0.29) is 5.82 Å². The van der Waals surface area contributed by atoms with Crippen LogP contribution in [0.2, 0.25) is 0 Å². The van der Waals surface area contributed by atoms with Crippen molar-refractivity contribution in [3.05, 3.63) is 52.5 Å². The molecule has 3 rings (SSSR count). The minimum atomic E-state index is -0.239. The van der Waals surface area contributed by atoms with E-state index in [1.54, 1.807) is 12.1 Å². The summed E-state index contributed by atoms with van der Waals surface area (Å²) in [5.74, 6) is 0.627. The molecule has 0 saturated carbocycles. The van der Waals surface area contributed by atoms with Gasteiger partial charge in [-0.1, -0.05) is 5.16 Å². The number of aromatic nitrogens is 2. The Bertz CT molecular complexity index is 745. The summed E-state index contributed by atoms with van der Waals surface area (Å²) in [5, 5.41) is 10.1. The second-order valence-corrected chi connectivity index (χ2v) is 5.88. The Morgan fingerprint density at radius 1 is 1.23 bits per heavy atom. The van der Waals surface area contributed by atoms with Crippen molar-refractivity contribution in [1.29, 1.82) is 0 Å². The predicted octanol–water partition coefficient (Wildman–Crippen LogP) is 4.21. The van der Waals surface area contributed by atoms with Crippen LogP contribution in [-0.4, -0.2) is 16.7 Å². The van der Waals surface area contributed by atoms with Gasteiger partial charge in [0.1, 0.15) is 11.6 Å². The number of aryl methyl sites for hydroxylation is 2. The molecule has 0 amide bonds. The van der Waals surface area contributed by atoms with Crippen LogP contribution in [-0.2, 0) is 6.42 Å². The van der Waals surface area contributed by atoms with Crippen molar-refractivity contribution in [2.24, 2.45) is 0 Å². The van der Waals surface area contributed by atoms with Crippen molar-refractivity contribution in [3.63, 3.8) is 0 Å². The fraction of sp³-hybridized carbons (Fsp3) is 0.250. The molecule has 0 radical (unpaired) electrons. The van der Waals surface area contributed by atoms with Gasteiger partial charge in [-0.2, -0.15) is 0 Å². The van der Waals surface area contributed by atoms with E-state index in [1.165, 1.54) is 23.5 Å². The zero-order valence-corrected chi connectivity index (χ0v) is 13.2. The lowest BCUT2D eigenvalue weighted by atomic mass is 10.1. The first kappa shape index (κ1) is 14.7. The monoisotopic (exact) mass is 317 g/mol. The molecule has 0 aliphatic carbocycles. The molecule has 0 bridgehead atoms. The third-order valence-corrected chi connectivity index (χ3v) is 4.28. The fourth-order valence-electron chi connectivity index (χ4n) is 2.26. The van der Waals surface area contributed by atoms with Crippen LogP contribution in [0, 0.1) is 19.7 Å². The zero-order chi connectivity index (χ0) is 15.5. The summed E-state index contributed by atoms with van der Waals surface area (Å²) in [7, 11) is 0. The maximum atomic E-state index is 12.9. The van der Waals surface area contributed by atoms with E-state index < -0.39 is 0 Å². The first-order valence-electron chi connectivity index (χ1n) is 7.00. The second-order valence-electron chi connectivity index (χ2n) is 5.02. The molecule has 3 aromatic rings. The standard InChI is InChI=1S/C16H16FN3OS/c1-10-14(11(2)21-20-10)7-8-18-16-19-15(9-22-16)12-3-5-13(17)6-4-12/h3-6,9H,7-8H2,1-2H3,(H,18,19). The van der Waals surface area contributed by atoms with Gasteiger partial charge >= 0.3 is 0 Å². The van der Waals surface area contributed by atoms with Gasteiger partial charge in [0.05, 0.1) is 11.4 Å². The Kier molecular flexibility index (Phi) is 4.20. The summed E-state index contributed by atoms with van der Waals surface area (Å²) in [6.07, 6.45) is 0.840. The molecule has 0 fully saturated rings. The fourth-order valence-corrected chi connectivity index (χ4v) is 3.01. The maximum Gasteiger partial charge on any atom is 0.183 e. The molecule has 2 aromatic heterocycles. The Labute approximate surface area is 132 Å². The number of hydrogen-bond donors (Lipinski definition) is 1. The molecule has 22 heavy (non-hydrogen) atoms. The summed E-state index contributed by atoms with van der Waals surface area (Å²) >= 11 is 1.54. The maximum absolute atomic E-state index is 12.9. The smallest absolute Gasteiger partial charge is 0.183 e. The van der Waals surface area contributed by atoms with Crippen molar-refractivity contribution in [1.82, 2.24) is 10.1 Å². The molecule has 0 aliphatic rings. The number of thiazole rings is 1. The van der Waals surface area contributed by atoms with Gasteiger partial charge in [0.25, 0.3) is 0 Å². The third-order valence-electron chi connectivity index (χ3n) is 3.48. The molecule has 1 N–H and O–H groups in total.